The van der Waals surface area contributed by atoms with E-state index in [2.05, 4.69) is 17.2 Å². The fraction of sp³-hybridized carbons (Fsp3) is 0.917. The highest BCUT2D eigenvalue weighted by Gasteiger charge is 2.28. The Labute approximate surface area is 132 Å². The van der Waals surface area contributed by atoms with E-state index in [4.69, 9.17) is 10.5 Å². The van der Waals surface area contributed by atoms with Crippen LogP contribution in [0.1, 0.15) is 33.1 Å². The van der Waals surface area contributed by atoms with Crippen LogP contribution in [0.5, 0.6) is 0 Å². The zero-order valence-corrected chi connectivity index (χ0v) is 14.6. The SMILES string of the molecule is CCOCCCNC(N)=NCC1(C)CCCS1.I. The van der Waals surface area contributed by atoms with Crippen LogP contribution < -0.4 is 11.1 Å². The second-order valence-electron chi connectivity index (χ2n) is 4.58. The maximum atomic E-state index is 5.81. The number of ether oxygens (including phenoxy) is 1. The third-order valence-corrected chi connectivity index (χ3v) is 4.38. The maximum absolute atomic E-state index is 5.81. The Hall–Kier alpha value is 0.310. The Balaban J connectivity index is 0.00000289. The van der Waals surface area contributed by atoms with Gasteiger partial charge in [0.15, 0.2) is 5.96 Å². The van der Waals surface area contributed by atoms with E-state index < -0.39 is 0 Å². The lowest BCUT2D eigenvalue weighted by atomic mass is 10.1. The molecule has 3 N–H and O–H groups in total. The maximum Gasteiger partial charge on any atom is 0.188 e. The molecule has 1 rings (SSSR count). The molecule has 0 aromatic rings. The normalized spacial score (nSPS) is 23.8. The summed E-state index contributed by atoms with van der Waals surface area (Å²) < 4.78 is 5.55. The molecule has 0 saturated carbocycles. The molecule has 108 valence electrons. The van der Waals surface area contributed by atoms with E-state index in [9.17, 15) is 0 Å². The molecule has 4 nitrogen and oxygen atoms in total. The molecular weight excluding hydrogens is 361 g/mol. The van der Waals surface area contributed by atoms with Crippen LogP contribution in [0.3, 0.4) is 0 Å². The van der Waals surface area contributed by atoms with Crippen LogP contribution in [0.4, 0.5) is 0 Å². The predicted octanol–water partition coefficient (Wildman–Crippen LogP) is 2.22. The zero-order valence-electron chi connectivity index (χ0n) is 11.4. The van der Waals surface area contributed by atoms with Crippen molar-refractivity contribution in [1.29, 1.82) is 0 Å². The van der Waals surface area contributed by atoms with Crippen LogP contribution in [0, 0.1) is 0 Å². The molecule has 6 heteroatoms. The second kappa shape index (κ2) is 10.1. The molecular formula is C12H26IN3OS. The van der Waals surface area contributed by atoms with Gasteiger partial charge in [-0.2, -0.15) is 11.8 Å². The minimum absolute atomic E-state index is 0. The summed E-state index contributed by atoms with van der Waals surface area (Å²) in [6, 6.07) is 0. The lowest BCUT2D eigenvalue weighted by molar-refractivity contribution is 0.145. The van der Waals surface area contributed by atoms with Crippen molar-refractivity contribution < 1.29 is 4.74 Å². The number of aliphatic imine (C=N–C) groups is 1. The van der Waals surface area contributed by atoms with Gasteiger partial charge < -0.3 is 15.8 Å². The average molecular weight is 387 g/mol. The predicted molar refractivity (Wildman–Crippen MR) is 91.1 cm³/mol. The average Bonchev–Trinajstić information content (AvgIpc) is 2.74. The topological polar surface area (TPSA) is 59.6 Å². The first-order valence-corrected chi connectivity index (χ1v) is 7.40. The van der Waals surface area contributed by atoms with Crippen LogP contribution in [-0.4, -0.2) is 42.8 Å². The first-order chi connectivity index (χ1) is 8.16. The van der Waals surface area contributed by atoms with E-state index in [1.165, 1.54) is 18.6 Å². The monoisotopic (exact) mass is 387 g/mol. The summed E-state index contributed by atoms with van der Waals surface area (Å²) in [6.45, 7) is 7.49. The van der Waals surface area contributed by atoms with Crippen molar-refractivity contribution in [3.8, 4) is 0 Å². The Kier molecular flexibility index (Phi) is 10.3. The molecule has 1 unspecified atom stereocenters. The van der Waals surface area contributed by atoms with Crippen molar-refractivity contribution in [3.05, 3.63) is 0 Å². The molecule has 1 fully saturated rings. The van der Waals surface area contributed by atoms with E-state index in [0.717, 1.165) is 32.7 Å². The summed E-state index contributed by atoms with van der Waals surface area (Å²) >= 11 is 2.01. The van der Waals surface area contributed by atoms with Gasteiger partial charge in [-0.05, 0) is 38.9 Å². The summed E-state index contributed by atoms with van der Waals surface area (Å²) in [6.07, 6.45) is 3.52. The van der Waals surface area contributed by atoms with Crippen LogP contribution in [0.25, 0.3) is 0 Å². The largest absolute Gasteiger partial charge is 0.382 e. The van der Waals surface area contributed by atoms with Gasteiger partial charge in [-0.3, -0.25) is 4.99 Å². The molecule has 0 amide bonds. The molecule has 0 aromatic heterocycles. The Morgan fingerprint density at radius 3 is 2.94 bits per heavy atom. The summed E-state index contributed by atoms with van der Waals surface area (Å²) in [4.78, 5) is 4.42. The summed E-state index contributed by atoms with van der Waals surface area (Å²) in [5, 5.41) is 3.12. The molecule has 0 aliphatic carbocycles. The van der Waals surface area contributed by atoms with Crippen molar-refractivity contribution in [3.63, 3.8) is 0 Å². The van der Waals surface area contributed by atoms with Crippen molar-refractivity contribution in [2.24, 2.45) is 10.7 Å². The number of hydrogen-bond donors (Lipinski definition) is 2. The fourth-order valence-corrected chi connectivity index (χ4v) is 3.03. The van der Waals surface area contributed by atoms with Gasteiger partial charge in [0.2, 0.25) is 0 Å². The summed E-state index contributed by atoms with van der Waals surface area (Å²) in [5.74, 6) is 1.82. The molecule has 0 radical (unpaired) electrons. The molecule has 0 aromatic carbocycles. The van der Waals surface area contributed by atoms with Crippen LogP contribution >= 0.6 is 35.7 Å². The Morgan fingerprint density at radius 1 is 1.56 bits per heavy atom. The van der Waals surface area contributed by atoms with Gasteiger partial charge in [0.1, 0.15) is 0 Å². The Morgan fingerprint density at radius 2 is 2.33 bits per heavy atom. The number of nitrogens with zero attached hydrogens (tertiary/aromatic N) is 1. The third kappa shape index (κ3) is 7.68. The van der Waals surface area contributed by atoms with Gasteiger partial charge in [-0.1, -0.05) is 0 Å². The van der Waals surface area contributed by atoms with Crippen LogP contribution in [-0.2, 0) is 4.74 Å². The van der Waals surface area contributed by atoms with E-state index in [1.54, 1.807) is 0 Å². The highest BCUT2D eigenvalue weighted by molar-refractivity contribution is 14.0. The Bertz CT molecular complexity index is 245. The number of rotatable bonds is 7. The minimum Gasteiger partial charge on any atom is -0.382 e. The number of hydrogen-bond acceptors (Lipinski definition) is 3. The van der Waals surface area contributed by atoms with Gasteiger partial charge in [0, 0.05) is 24.5 Å². The van der Waals surface area contributed by atoms with Gasteiger partial charge >= 0.3 is 0 Å². The highest BCUT2D eigenvalue weighted by atomic mass is 127. The zero-order chi connectivity index (χ0) is 12.6. The van der Waals surface area contributed by atoms with Crippen molar-refractivity contribution in [2.75, 3.05) is 32.1 Å². The fourth-order valence-electron chi connectivity index (χ4n) is 1.80. The number of nitrogens with one attached hydrogen (secondary N) is 1. The van der Waals surface area contributed by atoms with Gasteiger partial charge in [0.05, 0.1) is 6.54 Å². The summed E-state index contributed by atoms with van der Waals surface area (Å²) in [7, 11) is 0. The van der Waals surface area contributed by atoms with E-state index in [-0.39, 0.29) is 24.0 Å². The molecule has 1 aliphatic rings. The van der Waals surface area contributed by atoms with Crippen LogP contribution in [0.2, 0.25) is 0 Å². The number of thioether (sulfide) groups is 1. The van der Waals surface area contributed by atoms with E-state index >= 15 is 0 Å². The van der Waals surface area contributed by atoms with Crippen molar-refractivity contribution >= 4 is 41.7 Å². The van der Waals surface area contributed by atoms with Gasteiger partial charge in [0.25, 0.3) is 0 Å². The molecule has 1 saturated heterocycles. The third-order valence-electron chi connectivity index (χ3n) is 2.86. The molecule has 18 heavy (non-hydrogen) atoms. The van der Waals surface area contributed by atoms with Crippen LogP contribution in [0.15, 0.2) is 4.99 Å². The smallest absolute Gasteiger partial charge is 0.188 e. The lowest BCUT2D eigenvalue weighted by Crippen LogP contribution is -2.34. The standard InChI is InChI=1S/C12H25N3OS.HI/c1-3-16-8-5-7-14-11(13)15-10-12(2)6-4-9-17-12;/h3-10H2,1-2H3,(H3,13,14,15);1H. The number of nitrogens with two attached hydrogens (primary N) is 1. The lowest BCUT2D eigenvalue weighted by Gasteiger charge is -2.19. The van der Waals surface area contributed by atoms with Crippen molar-refractivity contribution in [2.45, 2.75) is 37.9 Å². The first kappa shape index (κ1) is 18.3. The quantitative estimate of drug-likeness (QED) is 0.304. The molecule has 1 atom stereocenters. The highest BCUT2D eigenvalue weighted by Crippen LogP contribution is 2.37. The minimum atomic E-state index is 0. The number of halogens is 1. The molecule has 1 heterocycles. The molecule has 0 bridgehead atoms. The second-order valence-corrected chi connectivity index (χ2v) is 6.26. The van der Waals surface area contributed by atoms with Crippen molar-refractivity contribution in [1.82, 2.24) is 5.32 Å². The molecule has 0 spiro atoms. The van der Waals surface area contributed by atoms with Gasteiger partial charge in [-0.15, -0.1) is 24.0 Å². The first-order valence-electron chi connectivity index (χ1n) is 6.42. The van der Waals surface area contributed by atoms with E-state index in [1.807, 2.05) is 18.7 Å². The van der Waals surface area contributed by atoms with E-state index in [0.29, 0.717) is 10.7 Å². The molecule has 1 aliphatic heterocycles. The number of guanidine groups is 1. The van der Waals surface area contributed by atoms with Gasteiger partial charge in [-0.25, -0.2) is 0 Å². The summed E-state index contributed by atoms with van der Waals surface area (Å²) in [5.41, 5.74) is 5.81.